The average molecular weight is 394 g/mol. The van der Waals surface area contributed by atoms with Gasteiger partial charge in [0.15, 0.2) is 5.78 Å². The van der Waals surface area contributed by atoms with E-state index in [1.807, 2.05) is 51.1 Å². The molecule has 4 rings (SSSR count). The lowest BCUT2D eigenvalue weighted by molar-refractivity contribution is -0.116. The van der Waals surface area contributed by atoms with Crippen molar-refractivity contribution < 1.29 is 9.59 Å². The highest BCUT2D eigenvalue weighted by Crippen LogP contribution is 2.38. The first-order valence-corrected chi connectivity index (χ1v) is 9.49. The van der Waals surface area contributed by atoms with Gasteiger partial charge in [0.25, 0.3) is 0 Å². The maximum atomic E-state index is 13.4. The fourth-order valence-electron chi connectivity index (χ4n) is 3.73. The maximum Gasteiger partial charge on any atom is 0.226 e. The third kappa shape index (κ3) is 3.12. The molecule has 0 spiro atoms. The predicted octanol–water partition coefficient (Wildman–Crippen LogP) is 4.76. The topological polar surface area (TPSA) is 64.0 Å². The number of aryl methyl sites for hydroxylation is 3. The Bertz CT molecular complexity index is 1100. The molecule has 5 nitrogen and oxygen atoms in total. The van der Waals surface area contributed by atoms with E-state index in [-0.39, 0.29) is 18.1 Å². The number of anilines is 1. The number of benzene rings is 2. The van der Waals surface area contributed by atoms with Gasteiger partial charge in [-0.3, -0.25) is 9.59 Å². The second-order valence-electron chi connectivity index (χ2n) is 7.22. The van der Waals surface area contributed by atoms with Gasteiger partial charge in [0.05, 0.1) is 17.3 Å². The summed E-state index contributed by atoms with van der Waals surface area (Å²) in [7, 11) is 0. The quantitative estimate of drug-likeness (QED) is 0.652. The second-order valence-corrected chi connectivity index (χ2v) is 7.66. The molecule has 6 heteroatoms. The van der Waals surface area contributed by atoms with Gasteiger partial charge in [-0.1, -0.05) is 29.3 Å². The molecule has 0 fully saturated rings. The van der Waals surface area contributed by atoms with Crippen LogP contribution in [0.5, 0.6) is 0 Å². The van der Waals surface area contributed by atoms with Crippen molar-refractivity contribution in [3.63, 3.8) is 0 Å². The van der Waals surface area contributed by atoms with E-state index in [0.717, 1.165) is 28.1 Å². The number of rotatable bonds is 3. The largest absolute Gasteiger partial charge is 0.310 e. The molecule has 1 aliphatic heterocycles. The van der Waals surface area contributed by atoms with Crippen molar-refractivity contribution in [2.75, 3.05) is 5.32 Å². The lowest BCUT2D eigenvalue weighted by atomic mass is 9.84. The molecule has 142 valence electrons. The summed E-state index contributed by atoms with van der Waals surface area (Å²) >= 11 is 5.99. The monoisotopic (exact) mass is 393 g/mol. The number of fused-ring (bicyclic) bond motifs is 1. The average Bonchev–Trinajstić information content (AvgIpc) is 2.99. The Balaban J connectivity index is 1.83. The highest BCUT2D eigenvalue weighted by Gasteiger charge is 2.36. The van der Waals surface area contributed by atoms with Crippen LogP contribution in [-0.4, -0.2) is 21.5 Å². The number of nitrogens with one attached hydrogen (secondary N) is 1. The number of halogens is 1. The number of nitrogens with zero attached hydrogens (tertiary/aromatic N) is 2. The molecular weight excluding hydrogens is 374 g/mol. The zero-order valence-corrected chi connectivity index (χ0v) is 16.7. The molecule has 28 heavy (non-hydrogen) atoms. The molecule has 0 aliphatic carbocycles. The van der Waals surface area contributed by atoms with Gasteiger partial charge in [-0.2, -0.15) is 5.10 Å². The lowest BCUT2D eigenvalue weighted by Crippen LogP contribution is -2.28. The Hall–Kier alpha value is -2.92. The Morgan fingerprint density at radius 1 is 1.14 bits per heavy atom. The van der Waals surface area contributed by atoms with E-state index in [0.29, 0.717) is 16.4 Å². The summed E-state index contributed by atoms with van der Waals surface area (Å²) in [6.45, 7) is 5.74. The normalized spacial score (nSPS) is 15.9. The summed E-state index contributed by atoms with van der Waals surface area (Å²) in [6.07, 6.45) is 0.117. The minimum Gasteiger partial charge on any atom is -0.310 e. The first-order valence-electron chi connectivity index (χ1n) is 9.12. The van der Waals surface area contributed by atoms with Crippen LogP contribution in [0.2, 0.25) is 5.02 Å². The van der Waals surface area contributed by atoms with Gasteiger partial charge in [0.2, 0.25) is 5.91 Å². The molecule has 2 heterocycles. The van der Waals surface area contributed by atoms with Crippen molar-refractivity contribution in [1.82, 2.24) is 9.78 Å². The fraction of sp³-hybridized carbons (Fsp3) is 0.227. The summed E-state index contributed by atoms with van der Waals surface area (Å²) in [5, 5.41) is 8.12. The molecule has 1 amide bonds. The van der Waals surface area contributed by atoms with E-state index in [2.05, 4.69) is 10.4 Å². The molecule has 2 aromatic carbocycles. The van der Waals surface area contributed by atoms with Crippen LogP contribution >= 0.6 is 11.6 Å². The Labute approximate surface area is 168 Å². The number of carbonyl (C=O) groups is 2. The zero-order valence-electron chi connectivity index (χ0n) is 15.9. The molecule has 0 saturated heterocycles. The standard InChI is InChI=1S/C22H20ClN3O2/c1-12-4-5-13(2)17(10-12)21(28)18-11-19(27)24-22-20(18)14(3)25-26(22)16-8-6-15(23)7-9-16/h4-10,18H,11H2,1-3H3,(H,24,27)/t18-/m0/s1. The molecule has 1 atom stereocenters. The van der Waals surface area contributed by atoms with Gasteiger partial charge in [-0.15, -0.1) is 0 Å². The lowest BCUT2D eigenvalue weighted by Gasteiger charge is -2.24. The molecule has 0 bridgehead atoms. The smallest absolute Gasteiger partial charge is 0.226 e. The van der Waals surface area contributed by atoms with Crippen LogP contribution in [0.4, 0.5) is 5.82 Å². The summed E-state index contributed by atoms with van der Waals surface area (Å²) in [4.78, 5) is 25.8. The van der Waals surface area contributed by atoms with Crippen LogP contribution in [0.25, 0.3) is 5.69 Å². The number of carbonyl (C=O) groups excluding carboxylic acids is 2. The van der Waals surface area contributed by atoms with E-state index in [9.17, 15) is 9.59 Å². The number of Topliss-reactive ketones (excluding diaryl/α,β-unsaturated/α-hetero) is 1. The third-order valence-electron chi connectivity index (χ3n) is 5.15. The van der Waals surface area contributed by atoms with Gasteiger partial charge in [-0.25, -0.2) is 4.68 Å². The van der Waals surface area contributed by atoms with Gasteiger partial charge in [0, 0.05) is 22.6 Å². The summed E-state index contributed by atoms with van der Waals surface area (Å²) in [5.41, 5.74) is 4.86. The van der Waals surface area contributed by atoms with Crippen LogP contribution in [0.1, 0.15) is 45.1 Å². The Morgan fingerprint density at radius 3 is 2.57 bits per heavy atom. The SMILES string of the molecule is Cc1ccc(C)c(C(=O)[C@H]2CC(=O)Nc3c2c(C)nn3-c2ccc(Cl)cc2)c1. The molecule has 1 aliphatic rings. The van der Waals surface area contributed by atoms with Crippen LogP contribution in [-0.2, 0) is 4.79 Å². The number of aromatic nitrogens is 2. The first kappa shape index (κ1) is 18.4. The zero-order chi connectivity index (χ0) is 20.0. The van der Waals surface area contributed by atoms with Crippen LogP contribution < -0.4 is 5.32 Å². The number of hydrogen-bond donors (Lipinski definition) is 1. The van der Waals surface area contributed by atoms with Crippen LogP contribution in [0.15, 0.2) is 42.5 Å². The van der Waals surface area contributed by atoms with Gasteiger partial charge < -0.3 is 5.32 Å². The third-order valence-corrected chi connectivity index (χ3v) is 5.40. The van der Waals surface area contributed by atoms with Crippen molar-refractivity contribution in [3.8, 4) is 5.69 Å². The minimum absolute atomic E-state index is 0.0453. The number of ketones is 1. The summed E-state index contributed by atoms with van der Waals surface area (Å²) < 4.78 is 1.67. The van der Waals surface area contributed by atoms with E-state index in [1.165, 1.54) is 0 Å². The van der Waals surface area contributed by atoms with Gasteiger partial charge >= 0.3 is 0 Å². The van der Waals surface area contributed by atoms with E-state index in [4.69, 9.17) is 11.6 Å². The summed E-state index contributed by atoms with van der Waals surface area (Å²) in [5.74, 6) is -0.229. The Morgan fingerprint density at radius 2 is 1.86 bits per heavy atom. The minimum atomic E-state index is -0.551. The van der Waals surface area contributed by atoms with E-state index < -0.39 is 5.92 Å². The van der Waals surface area contributed by atoms with Crippen LogP contribution in [0.3, 0.4) is 0 Å². The molecule has 0 radical (unpaired) electrons. The highest BCUT2D eigenvalue weighted by molar-refractivity contribution is 6.30. The summed E-state index contributed by atoms with van der Waals surface area (Å²) in [6, 6.07) is 13.0. The predicted molar refractivity (Wildman–Crippen MR) is 110 cm³/mol. The maximum absolute atomic E-state index is 13.4. The van der Waals surface area contributed by atoms with Crippen LogP contribution in [0, 0.1) is 20.8 Å². The van der Waals surface area contributed by atoms with Crippen molar-refractivity contribution in [2.45, 2.75) is 33.1 Å². The Kier molecular flexibility index (Phi) is 4.55. The van der Waals surface area contributed by atoms with Crippen molar-refractivity contribution in [1.29, 1.82) is 0 Å². The van der Waals surface area contributed by atoms with E-state index >= 15 is 0 Å². The number of amides is 1. The van der Waals surface area contributed by atoms with Gasteiger partial charge in [-0.05, 0) is 56.7 Å². The van der Waals surface area contributed by atoms with Crippen molar-refractivity contribution >= 4 is 29.1 Å². The molecule has 1 aromatic heterocycles. The van der Waals surface area contributed by atoms with Gasteiger partial charge in [0.1, 0.15) is 5.82 Å². The molecule has 1 N–H and O–H groups in total. The number of hydrogen-bond acceptors (Lipinski definition) is 3. The van der Waals surface area contributed by atoms with Crippen molar-refractivity contribution in [2.24, 2.45) is 0 Å². The molecule has 3 aromatic rings. The molecular formula is C22H20ClN3O2. The second kappa shape index (κ2) is 6.91. The highest BCUT2D eigenvalue weighted by atomic mass is 35.5. The first-order chi connectivity index (χ1) is 13.3. The molecule has 0 unspecified atom stereocenters. The molecule has 0 saturated carbocycles. The van der Waals surface area contributed by atoms with E-state index in [1.54, 1.807) is 16.8 Å². The van der Waals surface area contributed by atoms with Crippen molar-refractivity contribution in [3.05, 3.63) is 75.4 Å². The fourth-order valence-corrected chi connectivity index (χ4v) is 3.86.